The van der Waals surface area contributed by atoms with E-state index >= 15 is 0 Å². The molecule has 1 aliphatic heterocycles. The minimum absolute atomic E-state index is 0.0266. The fourth-order valence-electron chi connectivity index (χ4n) is 2.80. The van der Waals surface area contributed by atoms with Gasteiger partial charge in [-0.3, -0.25) is 9.59 Å². The Balaban J connectivity index is 1.66. The maximum Gasteiger partial charge on any atom is 0.231 e. The number of carbonyl (C=O) groups excluding carboxylic acids is 2. The Morgan fingerprint density at radius 3 is 3.00 bits per heavy atom. The normalized spacial score (nSPS) is 17.6. The van der Waals surface area contributed by atoms with Crippen LogP contribution in [-0.4, -0.2) is 34.8 Å². The highest BCUT2D eigenvalue weighted by Gasteiger charge is 2.27. The summed E-state index contributed by atoms with van der Waals surface area (Å²) in [5.74, 6) is -0.198. The van der Waals surface area contributed by atoms with E-state index in [4.69, 9.17) is 0 Å². The number of carbonyl (C=O) groups is 2. The third-order valence-corrected chi connectivity index (χ3v) is 5.34. The summed E-state index contributed by atoms with van der Waals surface area (Å²) in [5.41, 5.74) is 1.84. The lowest BCUT2D eigenvalue weighted by atomic mass is 9.97. The van der Waals surface area contributed by atoms with Crippen LogP contribution < -0.4 is 5.32 Å². The Labute approximate surface area is 153 Å². The molecule has 1 saturated heterocycles. The number of benzene rings is 1. The molecule has 24 heavy (non-hydrogen) atoms. The van der Waals surface area contributed by atoms with Gasteiger partial charge in [0.15, 0.2) is 5.13 Å². The van der Waals surface area contributed by atoms with Gasteiger partial charge < -0.3 is 10.2 Å². The second kappa shape index (κ2) is 7.44. The van der Waals surface area contributed by atoms with Crippen molar-refractivity contribution in [2.75, 3.05) is 18.4 Å². The largest absolute Gasteiger partial charge is 0.342 e. The van der Waals surface area contributed by atoms with Crippen LogP contribution in [0.4, 0.5) is 5.13 Å². The molecule has 2 heterocycles. The summed E-state index contributed by atoms with van der Waals surface area (Å²) in [4.78, 5) is 30.2. The van der Waals surface area contributed by atoms with Crippen LogP contribution in [0.15, 0.2) is 34.1 Å². The molecule has 0 saturated carbocycles. The van der Waals surface area contributed by atoms with Gasteiger partial charge in [-0.1, -0.05) is 28.1 Å². The Morgan fingerprint density at radius 1 is 1.42 bits per heavy atom. The maximum atomic E-state index is 12.4. The summed E-state index contributed by atoms with van der Waals surface area (Å²) in [7, 11) is 0. The molecule has 1 fully saturated rings. The van der Waals surface area contributed by atoms with Crippen LogP contribution in [0, 0.1) is 5.92 Å². The molecular formula is C17H18BrN3O2S. The first-order chi connectivity index (χ1) is 11.5. The van der Waals surface area contributed by atoms with Crippen molar-refractivity contribution in [1.82, 2.24) is 9.88 Å². The number of thiazole rings is 1. The van der Waals surface area contributed by atoms with Crippen LogP contribution in [0.5, 0.6) is 0 Å². The predicted octanol–water partition coefficient (Wildman–Crippen LogP) is 3.77. The number of piperidine rings is 1. The zero-order chi connectivity index (χ0) is 17.1. The molecule has 126 valence electrons. The third-order valence-electron chi connectivity index (χ3n) is 4.09. The van der Waals surface area contributed by atoms with Crippen LogP contribution in [0.1, 0.15) is 19.8 Å². The number of aromatic nitrogens is 1. The van der Waals surface area contributed by atoms with Gasteiger partial charge in [-0.2, -0.15) is 0 Å². The average Bonchev–Trinajstić information content (AvgIpc) is 3.03. The van der Waals surface area contributed by atoms with E-state index in [0.717, 1.165) is 35.1 Å². The van der Waals surface area contributed by atoms with Crippen molar-refractivity contribution in [3.8, 4) is 11.3 Å². The molecule has 3 rings (SSSR count). The number of amides is 2. The van der Waals surface area contributed by atoms with E-state index in [0.29, 0.717) is 11.7 Å². The van der Waals surface area contributed by atoms with E-state index in [-0.39, 0.29) is 17.7 Å². The van der Waals surface area contributed by atoms with Crippen molar-refractivity contribution >= 4 is 44.2 Å². The van der Waals surface area contributed by atoms with Gasteiger partial charge in [-0.25, -0.2) is 4.98 Å². The van der Waals surface area contributed by atoms with E-state index in [1.54, 1.807) is 11.8 Å². The first-order valence-corrected chi connectivity index (χ1v) is 9.48. The van der Waals surface area contributed by atoms with Crippen LogP contribution in [-0.2, 0) is 9.59 Å². The topological polar surface area (TPSA) is 62.3 Å². The standard InChI is InChI=1S/C17H18BrN3O2S/c1-11(22)21-7-3-5-13(9-21)16(23)20-17-19-15(10-24-17)12-4-2-6-14(18)8-12/h2,4,6,8,10,13H,3,5,7,9H2,1H3,(H,19,20,23). The Kier molecular flexibility index (Phi) is 5.30. The van der Waals surface area contributed by atoms with E-state index in [9.17, 15) is 9.59 Å². The first kappa shape index (κ1) is 17.1. The minimum Gasteiger partial charge on any atom is -0.342 e. The molecule has 2 aromatic rings. The molecule has 1 N–H and O–H groups in total. The zero-order valence-electron chi connectivity index (χ0n) is 13.3. The molecule has 7 heteroatoms. The van der Waals surface area contributed by atoms with Gasteiger partial charge in [0.05, 0.1) is 11.6 Å². The molecule has 1 aliphatic rings. The summed E-state index contributed by atoms with van der Waals surface area (Å²) in [5, 5.41) is 5.42. The van der Waals surface area contributed by atoms with Gasteiger partial charge in [0.1, 0.15) is 0 Å². The first-order valence-electron chi connectivity index (χ1n) is 7.81. The quantitative estimate of drug-likeness (QED) is 0.841. The fraction of sp³-hybridized carbons (Fsp3) is 0.353. The van der Waals surface area contributed by atoms with Crippen LogP contribution in [0.2, 0.25) is 0 Å². The number of likely N-dealkylation sites (tertiary alicyclic amines) is 1. The van der Waals surface area contributed by atoms with Crippen LogP contribution in [0.3, 0.4) is 0 Å². The molecular weight excluding hydrogens is 390 g/mol. The lowest BCUT2D eigenvalue weighted by molar-refractivity contribution is -0.132. The summed E-state index contributed by atoms with van der Waals surface area (Å²) in [6.07, 6.45) is 1.66. The van der Waals surface area contributed by atoms with E-state index in [1.807, 2.05) is 29.6 Å². The molecule has 2 amide bonds. The van der Waals surface area contributed by atoms with E-state index in [2.05, 4.69) is 26.2 Å². The average molecular weight is 408 g/mol. The van der Waals surface area contributed by atoms with Crippen molar-refractivity contribution in [3.05, 3.63) is 34.1 Å². The van der Waals surface area contributed by atoms with Crippen molar-refractivity contribution in [2.45, 2.75) is 19.8 Å². The van der Waals surface area contributed by atoms with Crippen LogP contribution >= 0.6 is 27.3 Å². The highest BCUT2D eigenvalue weighted by molar-refractivity contribution is 9.10. The summed E-state index contributed by atoms with van der Waals surface area (Å²) in [6.45, 7) is 2.78. The summed E-state index contributed by atoms with van der Waals surface area (Å²) in [6, 6.07) is 7.89. The van der Waals surface area contributed by atoms with E-state index < -0.39 is 0 Å². The van der Waals surface area contributed by atoms with Crippen LogP contribution in [0.25, 0.3) is 11.3 Å². The molecule has 0 spiro atoms. The van der Waals surface area contributed by atoms with Gasteiger partial charge in [0.25, 0.3) is 0 Å². The highest BCUT2D eigenvalue weighted by Crippen LogP contribution is 2.27. The number of rotatable bonds is 3. The Morgan fingerprint density at radius 2 is 2.25 bits per heavy atom. The number of hydrogen-bond acceptors (Lipinski definition) is 4. The van der Waals surface area contributed by atoms with Crippen molar-refractivity contribution in [3.63, 3.8) is 0 Å². The Bertz CT molecular complexity index is 762. The zero-order valence-corrected chi connectivity index (χ0v) is 15.7. The molecule has 0 aliphatic carbocycles. The van der Waals surface area contributed by atoms with Gasteiger partial charge in [0.2, 0.25) is 11.8 Å². The van der Waals surface area contributed by atoms with Gasteiger partial charge in [-0.15, -0.1) is 11.3 Å². The van der Waals surface area contributed by atoms with Crippen molar-refractivity contribution in [1.29, 1.82) is 0 Å². The minimum atomic E-state index is -0.166. The molecule has 1 unspecified atom stereocenters. The molecule has 1 atom stereocenters. The molecule has 1 aromatic carbocycles. The number of nitrogens with one attached hydrogen (secondary N) is 1. The van der Waals surface area contributed by atoms with Crippen molar-refractivity contribution in [2.24, 2.45) is 5.92 Å². The molecule has 5 nitrogen and oxygen atoms in total. The second-order valence-corrected chi connectivity index (χ2v) is 7.62. The predicted molar refractivity (Wildman–Crippen MR) is 98.9 cm³/mol. The fourth-order valence-corrected chi connectivity index (χ4v) is 3.92. The lowest BCUT2D eigenvalue weighted by Gasteiger charge is -2.31. The maximum absolute atomic E-state index is 12.4. The number of hydrogen-bond donors (Lipinski definition) is 1. The molecule has 0 bridgehead atoms. The van der Waals surface area contributed by atoms with E-state index in [1.165, 1.54) is 11.3 Å². The Hall–Kier alpha value is -1.73. The summed E-state index contributed by atoms with van der Waals surface area (Å²) < 4.78 is 0.991. The molecule has 1 aromatic heterocycles. The monoisotopic (exact) mass is 407 g/mol. The van der Waals surface area contributed by atoms with Gasteiger partial charge in [-0.05, 0) is 25.0 Å². The smallest absolute Gasteiger partial charge is 0.231 e. The number of halogens is 1. The second-order valence-electron chi connectivity index (χ2n) is 5.84. The number of anilines is 1. The lowest BCUT2D eigenvalue weighted by Crippen LogP contribution is -2.42. The molecule has 0 radical (unpaired) electrons. The number of nitrogens with zero attached hydrogens (tertiary/aromatic N) is 2. The highest BCUT2D eigenvalue weighted by atomic mass is 79.9. The summed E-state index contributed by atoms with van der Waals surface area (Å²) >= 11 is 4.86. The van der Waals surface area contributed by atoms with Crippen molar-refractivity contribution < 1.29 is 9.59 Å². The van der Waals surface area contributed by atoms with Gasteiger partial charge in [0, 0.05) is 35.4 Å². The SMILES string of the molecule is CC(=O)N1CCCC(C(=O)Nc2nc(-c3cccc(Br)c3)cs2)C1. The third kappa shape index (κ3) is 4.02. The van der Waals surface area contributed by atoms with Gasteiger partial charge >= 0.3 is 0 Å².